The molecule has 0 atom stereocenters. The van der Waals surface area contributed by atoms with Gasteiger partial charge in [-0.05, 0) is 23.8 Å². The van der Waals surface area contributed by atoms with Crippen molar-refractivity contribution in [2.45, 2.75) is 6.61 Å². The molecule has 5 heteroatoms. The van der Waals surface area contributed by atoms with Gasteiger partial charge >= 0.3 is 6.09 Å². The van der Waals surface area contributed by atoms with Crippen molar-refractivity contribution in [3.63, 3.8) is 0 Å². The Hall–Kier alpha value is -2.69. The number of ether oxygens (including phenoxy) is 1. The maximum atomic E-state index is 11.6. The van der Waals surface area contributed by atoms with Crippen LogP contribution >= 0.6 is 0 Å². The minimum atomic E-state index is -0.547. The molecule has 0 aliphatic carbocycles. The third-order valence-corrected chi connectivity index (χ3v) is 2.44. The van der Waals surface area contributed by atoms with Crippen LogP contribution in [0.25, 0.3) is 0 Å². The lowest BCUT2D eigenvalue weighted by Gasteiger charge is -2.08. The molecule has 5 N–H and O–H groups in total. The smallest absolute Gasteiger partial charge is 0.411 e. The third kappa shape index (κ3) is 3.92. The van der Waals surface area contributed by atoms with Crippen LogP contribution in [0.15, 0.2) is 48.5 Å². The fraction of sp³-hybridized carbons (Fsp3) is 0.0714. The maximum absolute atomic E-state index is 11.6. The molecule has 2 rings (SSSR count). The number of hydrogen-bond donors (Lipinski definition) is 3. The van der Waals surface area contributed by atoms with Gasteiger partial charge in [-0.15, -0.1) is 0 Å². The van der Waals surface area contributed by atoms with E-state index in [1.54, 1.807) is 18.2 Å². The van der Waals surface area contributed by atoms with E-state index >= 15 is 0 Å². The molecular weight excluding hydrogens is 242 g/mol. The standard InChI is InChI=1S/C14H15N3O2/c15-11-6-12(16)8-13(7-11)17-14(18)19-9-10-4-2-1-3-5-10/h1-8H,9,15-16H2,(H,17,18). The van der Waals surface area contributed by atoms with Crippen LogP contribution in [0.4, 0.5) is 21.9 Å². The number of benzene rings is 2. The first-order valence-electron chi connectivity index (χ1n) is 5.77. The van der Waals surface area contributed by atoms with Gasteiger partial charge in [-0.3, -0.25) is 5.32 Å². The number of anilines is 3. The summed E-state index contributed by atoms with van der Waals surface area (Å²) in [6, 6.07) is 14.3. The molecule has 0 saturated carbocycles. The maximum Gasteiger partial charge on any atom is 0.411 e. The number of rotatable bonds is 3. The van der Waals surface area contributed by atoms with Crippen LogP contribution in [-0.2, 0) is 11.3 Å². The summed E-state index contributed by atoms with van der Waals surface area (Å²) in [7, 11) is 0. The molecule has 98 valence electrons. The van der Waals surface area contributed by atoms with Gasteiger partial charge in [-0.2, -0.15) is 0 Å². The fourth-order valence-corrected chi connectivity index (χ4v) is 1.63. The zero-order valence-electron chi connectivity index (χ0n) is 10.3. The number of carbonyl (C=O) groups excluding carboxylic acids is 1. The SMILES string of the molecule is Nc1cc(N)cc(NC(=O)OCc2ccccc2)c1. The van der Waals surface area contributed by atoms with E-state index in [4.69, 9.17) is 16.2 Å². The second-order valence-corrected chi connectivity index (χ2v) is 4.08. The monoisotopic (exact) mass is 257 g/mol. The molecular formula is C14H15N3O2. The van der Waals surface area contributed by atoms with Gasteiger partial charge < -0.3 is 16.2 Å². The van der Waals surface area contributed by atoms with E-state index in [9.17, 15) is 4.79 Å². The van der Waals surface area contributed by atoms with Gasteiger partial charge in [0, 0.05) is 17.1 Å². The van der Waals surface area contributed by atoms with E-state index in [0.29, 0.717) is 17.1 Å². The van der Waals surface area contributed by atoms with Gasteiger partial charge in [0.25, 0.3) is 0 Å². The summed E-state index contributed by atoms with van der Waals surface area (Å²) in [5.41, 5.74) is 13.7. The van der Waals surface area contributed by atoms with Crippen LogP contribution in [0, 0.1) is 0 Å². The molecule has 0 aromatic heterocycles. The topological polar surface area (TPSA) is 90.4 Å². The third-order valence-electron chi connectivity index (χ3n) is 2.44. The molecule has 0 saturated heterocycles. The van der Waals surface area contributed by atoms with Crippen molar-refractivity contribution in [1.82, 2.24) is 0 Å². The van der Waals surface area contributed by atoms with Gasteiger partial charge in [0.05, 0.1) is 0 Å². The zero-order valence-corrected chi connectivity index (χ0v) is 10.3. The van der Waals surface area contributed by atoms with Crippen LogP contribution in [0.5, 0.6) is 0 Å². The van der Waals surface area contributed by atoms with Crippen molar-refractivity contribution < 1.29 is 9.53 Å². The average molecular weight is 257 g/mol. The van der Waals surface area contributed by atoms with E-state index in [-0.39, 0.29) is 6.61 Å². The number of nitrogen functional groups attached to an aromatic ring is 2. The van der Waals surface area contributed by atoms with Gasteiger partial charge in [0.15, 0.2) is 0 Å². The van der Waals surface area contributed by atoms with Crippen molar-refractivity contribution in [1.29, 1.82) is 0 Å². The molecule has 0 radical (unpaired) electrons. The lowest BCUT2D eigenvalue weighted by atomic mass is 10.2. The largest absolute Gasteiger partial charge is 0.444 e. The number of hydrogen-bond acceptors (Lipinski definition) is 4. The lowest BCUT2D eigenvalue weighted by Crippen LogP contribution is -2.13. The second kappa shape index (κ2) is 5.77. The van der Waals surface area contributed by atoms with Gasteiger partial charge in [0.2, 0.25) is 0 Å². The molecule has 0 spiro atoms. The van der Waals surface area contributed by atoms with Gasteiger partial charge in [0.1, 0.15) is 6.61 Å². The molecule has 0 bridgehead atoms. The van der Waals surface area contributed by atoms with E-state index < -0.39 is 6.09 Å². The average Bonchev–Trinajstić information content (AvgIpc) is 2.36. The summed E-state index contributed by atoms with van der Waals surface area (Å²) in [6.45, 7) is 0.213. The Labute approximate surface area is 111 Å². The Morgan fingerprint density at radius 1 is 1.05 bits per heavy atom. The number of nitrogens with two attached hydrogens (primary N) is 2. The molecule has 2 aromatic carbocycles. The summed E-state index contributed by atoms with van der Waals surface area (Å²) in [6.07, 6.45) is -0.547. The normalized spacial score (nSPS) is 9.89. The summed E-state index contributed by atoms with van der Waals surface area (Å²) < 4.78 is 5.08. The van der Waals surface area contributed by atoms with Gasteiger partial charge in [-0.1, -0.05) is 30.3 Å². The highest BCUT2D eigenvalue weighted by molar-refractivity contribution is 5.86. The number of nitrogens with one attached hydrogen (secondary N) is 1. The van der Waals surface area contributed by atoms with Crippen LogP contribution in [0.2, 0.25) is 0 Å². The highest BCUT2D eigenvalue weighted by Gasteiger charge is 2.04. The Morgan fingerprint density at radius 2 is 1.68 bits per heavy atom. The van der Waals surface area contributed by atoms with Crippen molar-refractivity contribution in [2.24, 2.45) is 0 Å². The number of amides is 1. The predicted molar refractivity (Wildman–Crippen MR) is 75.5 cm³/mol. The lowest BCUT2D eigenvalue weighted by molar-refractivity contribution is 0.155. The quantitative estimate of drug-likeness (QED) is 0.737. The molecule has 19 heavy (non-hydrogen) atoms. The summed E-state index contributed by atoms with van der Waals surface area (Å²) in [5.74, 6) is 0. The van der Waals surface area contributed by atoms with Crippen LogP contribution < -0.4 is 16.8 Å². The predicted octanol–water partition coefficient (Wildman–Crippen LogP) is 2.60. The Morgan fingerprint density at radius 3 is 2.32 bits per heavy atom. The molecule has 0 unspecified atom stereocenters. The molecule has 0 aliphatic heterocycles. The summed E-state index contributed by atoms with van der Waals surface area (Å²) in [5, 5.41) is 2.57. The molecule has 1 amide bonds. The Bertz CT molecular complexity index is 550. The first-order valence-corrected chi connectivity index (χ1v) is 5.77. The zero-order chi connectivity index (χ0) is 13.7. The van der Waals surface area contributed by atoms with E-state index in [1.807, 2.05) is 30.3 Å². The molecule has 0 heterocycles. The van der Waals surface area contributed by atoms with Crippen LogP contribution in [0.1, 0.15) is 5.56 Å². The van der Waals surface area contributed by atoms with Crippen LogP contribution in [-0.4, -0.2) is 6.09 Å². The minimum Gasteiger partial charge on any atom is -0.444 e. The van der Waals surface area contributed by atoms with Crippen molar-refractivity contribution in [2.75, 3.05) is 16.8 Å². The summed E-state index contributed by atoms with van der Waals surface area (Å²) >= 11 is 0. The molecule has 0 fully saturated rings. The van der Waals surface area contributed by atoms with Crippen molar-refractivity contribution >= 4 is 23.2 Å². The molecule has 5 nitrogen and oxygen atoms in total. The van der Waals surface area contributed by atoms with Crippen molar-refractivity contribution in [3.8, 4) is 0 Å². The minimum absolute atomic E-state index is 0.213. The van der Waals surface area contributed by atoms with E-state index in [1.165, 1.54) is 0 Å². The van der Waals surface area contributed by atoms with E-state index in [0.717, 1.165) is 5.56 Å². The first kappa shape index (κ1) is 12.8. The fourth-order valence-electron chi connectivity index (χ4n) is 1.63. The molecule has 2 aromatic rings. The molecule has 0 aliphatic rings. The Kier molecular flexibility index (Phi) is 3.87. The van der Waals surface area contributed by atoms with Crippen LogP contribution in [0.3, 0.4) is 0 Å². The number of carbonyl (C=O) groups is 1. The van der Waals surface area contributed by atoms with Gasteiger partial charge in [-0.25, -0.2) is 4.79 Å². The summed E-state index contributed by atoms with van der Waals surface area (Å²) in [4.78, 5) is 11.6. The highest BCUT2D eigenvalue weighted by atomic mass is 16.5. The first-order chi connectivity index (χ1) is 9.13. The Balaban J connectivity index is 1.91. The van der Waals surface area contributed by atoms with Crippen molar-refractivity contribution in [3.05, 3.63) is 54.1 Å². The van der Waals surface area contributed by atoms with E-state index in [2.05, 4.69) is 5.32 Å². The highest BCUT2D eigenvalue weighted by Crippen LogP contribution is 2.18. The second-order valence-electron chi connectivity index (χ2n) is 4.08.